The first-order chi connectivity index (χ1) is 16.7. The Hall–Kier alpha value is -4.51. The summed E-state index contributed by atoms with van der Waals surface area (Å²) in [6.07, 6.45) is 1.75. The summed E-state index contributed by atoms with van der Waals surface area (Å²) in [5.41, 5.74) is 6.61. The molecule has 0 atom stereocenters. The molecule has 1 aromatic heterocycles. The second-order valence-corrected chi connectivity index (χ2v) is 8.17. The molecule has 166 valence electrons. The Balaban J connectivity index is 1.39. The van der Waals surface area contributed by atoms with Gasteiger partial charge in [0.15, 0.2) is 0 Å². The third-order valence-corrected chi connectivity index (χ3v) is 5.81. The average Bonchev–Trinajstić information content (AvgIpc) is 3.39. The lowest BCUT2D eigenvalue weighted by Crippen LogP contribution is -2.29. The summed E-state index contributed by atoms with van der Waals surface area (Å²) in [6.45, 7) is 2.06. The third-order valence-electron chi connectivity index (χ3n) is 5.81. The molecule has 1 heterocycles. The smallest absolute Gasteiger partial charge is 0.252 e. The monoisotopic (exact) mass is 444 g/mol. The number of nitrogens with zero attached hydrogens (tertiary/aromatic N) is 3. The molecule has 5 rings (SSSR count). The molecule has 0 radical (unpaired) electrons. The zero-order valence-corrected chi connectivity index (χ0v) is 18.8. The predicted molar refractivity (Wildman–Crippen MR) is 134 cm³/mol. The van der Waals surface area contributed by atoms with Crippen LogP contribution in [0.15, 0.2) is 115 Å². The zero-order valence-electron chi connectivity index (χ0n) is 18.8. The number of rotatable bonds is 6. The van der Waals surface area contributed by atoms with Gasteiger partial charge in [0.05, 0.1) is 23.6 Å². The number of carbonyl (C=O) groups excluding carboxylic acids is 1. The Morgan fingerprint density at radius 2 is 1.35 bits per heavy atom. The quantitative estimate of drug-likeness (QED) is 0.362. The number of carbonyl (C=O) groups is 1. The fourth-order valence-electron chi connectivity index (χ4n) is 3.97. The first kappa shape index (κ1) is 21.3. The minimum Gasteiger partial charge on any atom is -0.341 e. The fourth-order valence-corrected chi connectivity index (χ4v) is 3.97. The van der Waals surface area contributed by atoms with Crippen LogP contribution in [0, 0.1) is 6.92 Å². The molecule has 0 aliphatic heterocycles. The zero-order chi connectivity index (χ0) is 23.3. The number of aromatic nitrogens is 3. The molecule has 0 aliphatic rings. The summed E-state index contributed by atoms with van der Waals surface area (Å²) in [4.78, 5) is 13.2. The maximum absolute atomic E-state index is 13.2. The molecule has 34 heavy (non-hydrogen) atoms. The minimum absolute atomic E-state index is 0.137. The molecular weight excluding hydrogens is 420 g/mol. The summed E-state index contributed by atoms with van der Waals surface area (Å²) in [5, 5.41) is 11.5. The summed E-state index contributed by atoms with van der Waals surface area (Å²) in [6, 6.07) is 35.4. The molecule has 5 nitrogen and oxygen atoms in total. The second kappa shape index (κ2) is 9.55. The highest BCUT2D eigenvalue weighted by atomic mass is 16.1. The van der Waals surface area contributed by atoms with Crippen molar-refractivity contribution in [3.05, 3.63) is 138 Å². The van der Waals surface area contributed by atoms with Crippen LogP contribution in [0.2, 0.25) is 0 Å². The Kier molecular flexibility index (Phi) is 5.99. The van der Waals surface area contributed by atoms with E-state index >= 15 is 0 Å². The maximum Gasteiger partial charge on any atom is 0.252 e. The molecule has 5 heteroatoms. The van der Waals surface area contributed by atoms with Crippen molar-refractivity contribution in [3.63, 3.8) is 0 Å². The van der Waals surface area contributed by atoms with Crippen LogP contribution in [-0.2, 0) is 0 Å². The Bertz CT molecular complexity index is 1340. The Morgan fingerprint density at radius 3 is 1.94 bits per heavy atom. The number of hydrogen-bond acceptors (Lipinski definition) is 3. The van der Waals surface area contributed by atoms with Crippen molar-refractivity contribution in [1.82, 2.24) is 20.3 Å². The van der Waals surface area contributed by atoms with Crippen molar-refractivity contribution in [2.24, 2.45) is 0 Å². The molecule has 0 aliphatic carbocycles. The SMILES string of the molecule is Cc1ccc(-c2cnnn2-c2ccc(C(=O)NC(c3ccccc3)c3ccccc3)cc2)cc1. The lowest BCUT2D eigenvalue weighted by Gasteiger charge is -2.20. The minimum atomic E-state index is -0.238. The highest BCUT2D eigenvalue weighted by Crippen LogP contribution is 2.24. The van der Waals surface area contributed by atoms with Gasteiger partial charge < -0.3 is 5.32 Å². The molecule has 0 unspecified atom stereocenters. The molecule has 1 N–H and O–H groups in total. The van der Waals surface area contributed by atoms with Crippen molar-refractivity contribution in [1.29, 1.82) is 0 Å². The largest absolute Gasteiger partial charge is 0.341 e. The van der Waals surface area contributed by atoms with E-state index in [0.717, 1.165) is 28.1 Å². The van der Waals surface area contributed by atoms with Crippen LogP contribution in [0.1, 0.15) is 33.1 Å². The molecule has 1 amide bonds. The predicted octanol–water partition coefficient (Wildman–Crippen LogP) is 5.76. The standard InChI is InChI=1S/C29H24N4O/c1-21-12-14-22(15-13-21)27-20-30-32-33(27)26-18-16-25(17-19-26)29(34)31-28(23-8-4-2-5-9-23)24-10-6-3-7-11-24/h2-20,28H,1H3,(H,31,34). The third kappa shape index (κ3) is 4.50. The van der Waals surface area contributed by atoms with Crippen molar-refractivity contribution in [2.45, 2.75) is 13.0 Å². The van der Waals surface area contributed by atoms with Gasteiger partial charge in [0, 0.05) is 11.1 Å². The van der Waals surface area contributed by atoms with Gasteiger partial charge in [0.2, 0.25) is 0 Å². The molecule has 0 bridgehead atoms. The van der Waals surface area contributed by atoms with E-state index in [0.29, 0.717) is 5.56 Å². The van der Waals surface area contributed by atoms with E-state index in [9.17, 15) is 4.79 Å². The summed E-state index contributed by atoms with van der Waals surface area (Å²) in [7, 11) is 0. The van der Waals surface area contributed by atoms with Gasteiger partial charge in [-0.25, -0.2) is 4.68 Å². The highest BCUT2D eigenvalue weighted by molar-refractivity contribution is 5.95. The normalized spacial score (nSPS) is 10.9. The number of amides is 1. The topological polar surface area (TPSA) is 59.8 Å². The van der Waals surface area contributed by atoms with Crippen LogP contribution in [0.5, 0.6) is 0 Å². The molecule has 4 aromatic carbocycles. The van der Waals surface area contributed by atoms with Gasteiger partial charge in [-0.2, -0.15) is 0 Å². The summed E-state index contributed by atoms with van der Waals surface area (Å²) < 4.78 is 1.78. The van der Waals surface area contributed by atoms with Crippen molar-refractivity contribution in [2.75, 3.05) is 0 Å². The molecule has 0 fully saturated rings. The van der Waals surface area contributed by atoms with E-state index in [1.807, 2.05) is 84.9 Å². The summed E-state index contributed by atoms with van der Waals surface area (Å²) in [5.74, 6) is -0.137. The first-order valence-electron chi connectivity index (χ1n) is 11.2. The van der Waals surface area contributed by atoms with Crippen LogP contribution < -0.4 is 5.32 Å². The van der Waals surface area contributed by atoms with E-state index in [4.69, 9.17) is 0 Å². The summed E-state index contributed by atoms with van der Waals surface area (Å²) >= 11 is 0. The first-order valence-corrected chi connectivity index (χ1v) is 11.2. The lowest BCUT2D eigenvalue weighted by atomic mass is 9.98. The van der Waals surface area contributed by atoms with E-state index in [1.54, 1.807) is 10.9 Å². The number of hydrogen-bond donors (Lipinski definition) is 1. The molecule has 0 spiro atoms. The van der Waals surface area contributed by atoms with Crippen LogP contribution in [0.25, 0.3) is 16.9 Å². The van der Waals surface area contributed by atoms with Crippen molar-refractivity contribution in [3.8, 4) is 16.9 Å². The van der Waals surface area contributed by atoms with E-state index in [1.165, 1.54) is 5.56 Å². The lowest BCUT2D eigenvalue weighted by molar-refractivity contribution is 0.0943. The number of benzene rings is 4. The average molecular weight is 445 g/mol. The molecular formula is C29H24N4O. The maximum atomic E-state index is 13.2. The van der Waals surface area contributed by atoms with E-state index in [-0.39, 0.29) is 11.9 Å². The van der Waals surface area contributed by atoms with Gasteiger partial charge in [0.1, 0.15) is 0 Å². The van der Waals surface area contributed by atoms with Crippen LogP contribution in [-0.4, -0.2) is 20.9 Å². The van der Waals surface area contributed by atoms with Gasteiger partial charge in [0.25, 0.3) is 5.91 Å². The van der Waals surface area contributed by atoms with Gasteiger partial charge in [-0.15, -0.1) is 5.10 Å². The highest BCUT2D eigenvalue weighted by Gasteiger charge is 2.18. The number of aryl methyl sites for hydroxylation is 1. The molecule has 0 saturated heterocycles. The Morgan fingerprint density at radius 1 is 0.765 bits per heavy atom. The van der Waals surface area contributed by atoms with Gasteiger partial charge in [-0.05, 0) is 42.3 Å². The van der Waals surface area contributed by atoms with Crippen LogP contribution in [0.4, 0.5) is 0 Å². The number of nitrogens with one attached hydrogen (secondary N) is 1. The fraction of sp³-hybridized carbons (Fsp3) is 0.0690. The van der Waals surface area contributed by atoms with E-state index in [2.05, 4.69) is 46.8 Å². The van der Waals surface area contributed by atoms with Crippen molar-refractivity contribution < 1.29 is 4.79 Å². The van der Waals surface area contributed by atoms with Gasteiger partial charge >= 0.3 is 0 Å². The van der Waals surface area contributed by atoms with Crippen LogP contribution >= 0.6 is 0 Å². The van der Waals surface area contributed by atoms with Crippen molar-refractivity contribution >= 4 is 5.91 Å². The van der Waals surface area contributed by atoms with Crippen LogP contribution in [0.3, 0.4) is 0 Å². The van der Waals surface area contributed by atoms with E-state index < -0.39 is 0 Å². The second-order valence-electron chi connectivity index (χ2n) is 8.17. The molecule has 0 saturated carbocycles. The molecule has 5 aromatic rings. The Labute approximate surface area is 198 Å². The van der Waals surface area contributed by atoms with Gasteiger partial charge in [-0.1, -0.05) is 95.7 Å². The van der Waals surface area contributed by atoms with Gasteiger partial charge in [-0.3, -0.25) is 4.79 Å².